The molecule has 0 aliphatic rings. The molecule has 0 fully saturated rings. The Hall–Kier alpha value is -3.07. The monoisotopic (exact) mass is 343 g/mol. The molecule has 130 valence electrons. The van der Waals surface area contributed by atoms with Crippen LogP contribution in [0.15, 0.2) is 52.9 Å². The maximum Gasteiger partial charge on any atom is 0.291 e. The van der Waals surface area contributed by atoms with Gasteiger partial charge in [0.15, 0.2) is 5.76 Å². The first-order valence-electron chi connectivity index (χ1n) is 8.76. The minimum absolute atomic E-state index is 0.210. The van der Waals surface area contributed by atoms with E-state index < -0.39 is 0 Å². The summed E-state index contributed by atoms with van der Waals surface area (Å²) < 4.78 is 6.04. The standard InChI is InChI=1S/C23H21NO2/c1-13-11-14(2)20(15(3)12-13)24-23(25)21-16(4)18-10-9-17-7-5-6-8-19(17)22(18)26-21/h5-12H,1-4H3,(H,24,25). The quantitative estimate of drug-likeness (QED) is 0.480. The molecule has 3 nitrogen and oxygen atoms in total. The molecule has 1 N–H and O–H groups in total. The topological polar surface area (TPSA) is 42.2 Å². The van der Waals surface area contributed by atoms with Gasteiger partial charge in [-0.25, -0.2) is 0 Å². The Kier molecular flexibility index (Phi) is 3.80. The molecular formula is C23H21NO2. The normalized spacial score (nSPS) is 11.2. The molecule has 0 bridgehead atoms. The minimum atomic E-state index is -0.210. The number of nitrogens with one attached hydrogen (secondary N) is 1. The average Bonchev–Trinajstić information content (AvgIpc) is 2.95. The molecule has 0 spiro atoms. The van der Waals surface area contributed by atoms with Crippen molar-refractivity contribution in [2.45, 2.75) is 27.7 Å². The summed E-state index contributed by atoms with van der Waals surface area (Å²) in [5.41, 5.74) is 5.77. The Bertz CT molecular complexity index is 1140. The molecule has 26 heavy (non-hydrogen) atoms. The summed E-state index contributed by atoms with van der Waals surface area (Å²) in [5, 5.41) is 6.14. The fraction of sp³-hybridized carbons (Fsp3) is 0.174. The first-order valence-corrected chi connectivity index (χ1v) is 8.76. The number of benzene rings is 3. The van der Waals surface area contributed by atoms with Crippen molar-refractivity contribution in [3.05, 3.63) is 76.5 Å². The molecule has 4 aromatic rings. The van der Waals surface area contributed by atoms with Gasteiger partial charge in [0.05, 0.1) is 0 Å². The third-order valence-electron chi connectivity index (χ3n) is 4.95. The Balaban J connectivity index is 1.81. The molecule has 0 saturated heterocycles. The molecule has 1 heterocycles. The second-order valence-corrected chi connectivity index (χ2v) is 6.95. The molecule has 0 aliphatic carbocycles. The highest BCUT2D eigenvalue weighted by atomic mass is 16.3. The van der Waals surface area contributed by atoms with Crippen LogP contribution in [0.1, 0.15) is 32.8 Å². The Labute approximate surface area is 152 Å². The van der Waals surface area contributed by atoms with E-state index in [9.17, 15) is 4.79 Å². The van der Waals surface area contributed by atoms with Crippen LogP contribution in [0.4, 0.5) is 5.69 Å². The molecule has 1 amide bonds. The van der Waals surface area contributed by atoms with E-state index in [-0.39, 0.29) is 5.91 Å². The van der Waals surface area contributed by atoms with Crippen molar-refractivity contribution >= 4 is 33.3 Å². The fourth-order valence-corrected chi connectivity index (χ4v) is 3.71. The highest BCUT2D eigenvalue weighted by Crippen LogP contribution is 2.32. The van der Waals surface area contributed by atoms with Gasteiger partial charge >= 0.3 is 0 Å². The predicted octanol–water partition coefficient (Wildman–Crippen LogP) is 6.07. The van der Waals surface area contributed by atoms with Gasteiger partial charge in [0, 0.05) is 22.0 Å². The lowest BCUT2D eigenvalue weighted by atomic mass is 10.0. The maximum absolute atomic E-state index is 12.9. The SMILES string of the molecule is Cc1cc(C)c(NC(=O)c2oc3c(ccc4ccccc43)c2C)c(C)c1. The van der Waals surface area contributed by atoms with E-state index in [1.165, 1.54) is 5.56 Å². The number of carbonyl (C=O) groups is 1. The molecule has 0 aliphatic heterocycles. The first-order chi connectivity index (χ1) is 12.5. The number of anilines is 1. The van der Waals surface area contributed by atoms with E-state index in [0.29, 0.717) is 5.76 Å². The second kappa shape index (κ2) is 6.03. The van der Waals surface area contributed by atoms with Crippen molar-refractivity contribution in [1.82, 2.24) is 0 Å². The molecule has 0 unspecified atom stereocenters. The molecule has 1 aromatic heterocycles. The lowest BCUT2D eigenvalue weighted by Crippen LogP contribution is -2.14. The predicted molar refractivity (Wildman–Crippen MR) is 107 cm³/mol. The molecule has 0 atom stereocenters. The third kappa shape index (κ3) is 2.57. The number of rotatable bonds is 2. The zero-order chi connectivity index (χ0) is 18.4. The van der Waals surface area contributed by atoms with Crippen LogP contribution in [0.3, 0.4) is 0 Å². The highest BCUT2D eigenvalue weighted by molar-refractivity contribution is 6.11. The second-order valence-electron chi connectivity index (χ2n) is 6.95. The van der Waals surface area contributed by atoms with Crippen molar-refractivity contribution in [3.8, 4) is 0 Å². The minimum Gasteiger partial charge on any atom is -0.450 e. The van der Waals surface area contributed by atoms with Crippen molar-refractivity contribution in [2.75, 3.05) is 5.32 Å². The summed E-state index contributed by atoms with van der Waals surface area (Å²) in [6, 6.07) is 16.3. The van der Waals surface area contributed by atoms with E-state index in [1.54, 1.807) is 0 Å². The number of amides is 1. The number of fused-ring (bicyclic) bond motifs is 3. The van der Waals surface area contributed by atoms with Crippen LogP contribution < -0.4 is 5.32 Å². The van der Waals surface area contributed by atoms with Gasteiger partial charge < -0.3 is 9.73 Å². The summed E-state index contributed by atoms with van der Waals surface area (Å²) in [4.78, 5) is 12.9. The molecular weight excluding hydrogens is 322 g/mol. The number of hydrogen-bond donors (Lipinski definition) is 1. The smallest absolute Gasteiger partial charge is 0.291 e. The number of aryl methyl sites for hydroxylation is 4. The van der Waals surface area contributed by atoms with E-state index in [4.69, 9.17) is 4.42 Å². The Morgan fingerprint density at radius 3 is 2.31 bits per heavy atom. The van der Waals surface area contributed by atoms with E-state index in [0.717, 1.165) is 44.1 Å². The lowest BCUT2D eigenvalue weighted by molar-refractivity contribution is 0.0998. The van der Waals surface area contributed by atoms with Gasteiger partial charge in [-0.15, -0.1) is 0 Å². The summed E-state index contributed by atoms with van der Waals surface area (Å²) >= 11 is 0. The van der Waals surface area contributed by atoms with Crippen LogP contribution in [0.2, 0.25) is 0 Å². The van der Waals surface area contributed by atoms with Crippen LogP contribution >= 0.6 is 0 Å². The van der Waals surface area contributed by atoms with Gasteiger partial charge in [-0.05, 0) is 44.2 Å². The van der Waals surface area contributed by atoms with Gasteiger partial charge in [0.2, 0.25) is 0 Å². The number of hydrogen-bond acceptors (Lipinski definition) is 2. The largest absolute Gasteiger partial charge is 0.450 e. The maximum atomic E-state index is 12.9. The summed E-state index contributed by atoms with van der Waals surface area (Å²) in [5.74, 6) is 0.161. The Morgan fingerprint density at radius 2 is 1.58 bits per heavy atom. The summed E-state index contributed by atoms with van der Waals surface area (Å²) in [7, 11) is 0. The van der Waals surface area contributed by atoms with E-state index >= 15 is 0 Å². The van der Waals surface area contributed by atoms with E-state index in [1.807, 2.05) is 51.1 Å². The zero-order valence-electron chi connectivity index (χ0n) is 15.4. The van der Waals surface area contributed by atoms with Gasteiger partial charge in [0.25, 0.3) is 5.91 Å². The van der Waals surface area contributed by atoms with Crippen LogP contribution in [0, 0.1) is 27.7 Å². The molecule has 0 saturated carbocycles. The zero-order valence-corrected chi connectivity index (χ0v) is 15.4. The summed E-state index contributed by atoms with van der Waals surface area (Å²) in [6.07, 6.45) is 0. The van der Waals surface area contributed by atoms with Crippen LogP contribution in [-0.2, 0) is 0 Å². The molecule has 4 rings (SSSR count). The lowest BCUT2D eigenvalue weighted by Gasteiger charge is -2.12. The van der Waals surface area contributed by atoms with Gasteiger partial charge in [-0.3, -0.25) is 4.79 Å². The van der Waals surface area contributed by atoms with Crippen molar-refractivity contribution in [3.63, 3.8) is 0 Å². The van der Waals surface area contributed by atoms with Gasteiger partial charge in [-0.2, -0.15) is 0 Å². The van der Waals surface area contributed by atoms with Crippen molar-refractivity contribution in [1.29, 1.82) is 0 Å². The third-order valence-corrected chi connectivity index (χ3v) is 4.95. The first kappa shape index (κ1) is 16.4. The van der Waals surface area contributed by atoms with Crippen LogP contribution in [0.5, 0.6) is 0 Å². The number of furan rings is 1. The fourth-order valence-electron chi connectivity index (χ4n) is 3.71. The van der Waals surface area contributed by atoms with Crippen molar-refractivity contribution in [2.24, 2.45) is 0 Å². The molecule has 3 aromatic carbocycles. The number of carbonyl (C=O) groups excluding carboxylic acids is 1. The molecule has 3 heteroatoms. The van der Waals surface area contributed by atoms with E-state index in [2.05, 4.69) is 30.4 Å². The van der Waals surface area contributed by atoms with Gasteiger partial charge in [0.1, 0.15) is 5.58 Å². The Morgan fingerprint density at radius 1 is 0.885 bits per heavy atom. The van der Waals surface area contributed by atoms with Crippen molar-refractivity contribution < 1.29 is 9.21 Å². The highest BCUT2D eigenvalue weighted by Gasteiger charge is 2.20. The van der Waals surface area contributed by atoms with Crippen LogP contribution in [0.25, 0.3) is 21.7 Å². The average molecular weight is 343 g/mol. The van der Waals surface area contributed by atoms with Crippen LogP contribution in [-0.4, -0.2) is 5.91 Å². The summed E-state index contributed by atoms with van der Waals surface area (Å²) in [6.45, 7) is 8.01. The van der Waals surface area contributed by atoms with Gasteiger partial charge in [-0.1, -0.05) is 54.1 Å². The molecule has 0 radical (unpaired) electrons.